The van der Waals surface area contributed by atoms with E-state index in [0.717, 1.165) is 29.4 Å². The molecule has 0 spiro atoms. The van der Waals surface area contributed by atoms with Crippen LogP contribution in [0, 0.1) is 0 Å². The van der Waals surface area contributed by atoms with E-state index < -0.39 is 10.0 Å². The lowest BCUT2D eigenvalue weighted by molar-refractivity contribution is -0.113. The molecule has 0 bridgehead atoms. The fraction of sp³-hybridized carbons (Fsp3) is 0.208. The van der Waals surface area contributed by atoms with Crippen LogP contribution in [0.2, 0.25) is 0 Å². The van der Waals surface area contributed by atoms with Crippen molar-refractivity contribution in [2.75, 3.05) is 24.2 Å². The van der Waals surface area contributed by atoms with Gasteiger partial charge >= 0.3 is 0 Å². The first-order valence-corrected chi connectivity index (χ1v) is 13.4. The summed E-state index contributed by atoms with van der Waals surface area (Å²) in [7, 11) is -3.47. The van der Waals surface area contributed by atoms with Crippen LogP contribution in [0.5, 0.6) is 0 Å². The second kappa shape index (κ2) is 9.57. The number of imidazole rings is 1. The van der Waals surface area contributed by atoms with Gasteiger partial charge in [-0.25, -0.2) is 18.4 Å². The molecule has 1 fully saturated rings. The quantitative estimate of drug-likeness (QED) is 0.375. The molecule has 0 radical (unpaired) electrons. The minimum Gasteiger partial charge on any atom is -0.338 e. The van der Waals surface area contributed by atoms with Gasteiger partial charge in [-0.2, -0.15) is 4.31 Å². The lowest BCUT2D eigenvalue weighted by atomic mass is 10.3. The number of fused-ring (bicyclic) bond motifs is 1. The van der Waals surface area contributed by atoms with Crippen molar-refractivity contribution in [3.8, 4) is 11.4 Å². The van der Waals surface area contributed by atoms with Gasteiger partial charge in [0.15, 0.2) is 0 Å². The number of carbonyl (C=O) groups is 1. The molecule has 3 heterocycles. The predicted octanol–water partition coefficient (Wildman–Crippen LogP) is 4.14. The number of pyridine rings is 1. The van der Waals surface area contributed by atoms with Gasteiger partial charge in [0.2, 0.25) is 15.9 Å². The van der Waals surface area contributed by atoms with Crippen LogP contribution in [0.1, 0.15) is 12.8 Å². The van der Waals surface area contributed by atoms with Crippen LogP contribution in [-0.2, 0) is 14.8 Å². The van der Waals surface area contributed by atoms with Crippen LogP contribution in [-0.4, -0.2) is 52.4 Å². The van der Waals surface area contributed by atoms with Crippen LogP contribution in [0.3, 0.4) is 0 Å². The maximum atomic E-state index is 12.7. The summed E-state index contributed by atoms with van der Waals surface area (Å²) in [4.78, 5) is 25.2. The molecule has 2 aromatic carbocycles. The van der Waals surface area contributed by atoms with E-state index in [1.807, 2.05) is 36.4 Å². The summed E-state index contributed by atoms with van der Waals surface area (Å²) in [6.07, 6.45) is 3.46. The van der Waals surface area contributed by atoms with Crippen LogP contribution >= 0.6 is 11.8 Å². The van der Waals surface area contributed by atoms with E-state index in [0.29, 0.717) is 29.6 Å². The number of para-hydroxylation sites is 2. The average Bonchev–Trinajstić information content (AvgIpc) is 3.54. The number of benzene rings is 2. The minimum atomic E-state index is -3.47. The Morgan fingerprint density at radius 1 is 1.03 bits per heavy atom. The smallest absolute Gasteiger partial charge is 0.243 e. The SMILES string of the molecule is O=C(CSc1ncccc1-c1nc2ccccc2[nH]1)Nc1ccc(S(=O)(=O)N2CCCC2)cc1. The van der Waals surface area contributed by atoms with Crippen molar-refractivity contribution in [1.82, 2.24) is 19.3 Å². The molecule has 0 saturated carbocycles. The molecule has 1 aliphatic rings. The van der Waals surface area contributed by atoms with E-state index in [1.54, 1.807) is 18.3 Å². The fourth-order valence-corrected chi connectivity index (χ4v) is 6.20. The third kappa shape index (κ3) is 4.70. The minimum absolute atomic E-state index is 0.151. The molecular formula is C24H23N5O3S2. The van der Waals surface area contributed by atoms with E-state index in [1.165, 1.54) is 28.2 Å². The van der Waals surface area contributed by atoms with Gasteiger partial charge in [0.05, 0.1) is 21.7 Å². The first-order chi connectivity index (χ1) is 16.5. The zero-order chi connectivity index (χ0) is 23.5. The average molecular weight is 494 g/mol. The number of amides is 1. The van der Waals surface area contributed by atoms with Gasteiger partial charge in [-0.1, -0.05) is 23.9 Å². The highest BCUT2D eigenvalue weighted by molar-refractivity contribution is 8.00. The zero-order valence-electron chi connectivity index (χ0n) is 18.3. The molecule has 1 aliphatic heterocycles. The Morgan fingerprint density at radius 2 is 1.79 bits per heavy atom. The van der Waals surface area contributed by atoms with Crippen molar-refractivity contribution in [1.29, 1.82) is 0 Å². The first-order valence-electron chi connectivity index (χ1n) is 10.9. The number of anilines is 1. The number of aromatic nitrogens is 3. The van der Waals surface area contributed by atoms with Gasteiger partial charge in [0.25, 0.3) is 0 Å². The lowest BCUT2D eigenvalue weighted by Crippen LogP contribution is -2.27. The maximum Gasteiger partial charge on any atom is 0.243 e. The molecule has 174 valence electrons. The third-order valence-electron chi connectivity index (χ3n) is 5.60. The fourth-order valence-electron chi connectivity index (χ4n) is 3.89. The number of nitrogens with zero attached hydrogens (tertiary/aromatic N) is 3. The van der Waals surface area contributed by atoms with Crippen LogP contribution < -0.4 is 5.32 Å². The van der Waals surface area contributed by atoms with Crippen molar-refractivity contribution < 1.29 is 13.2 Å². The number of hydrogen-bond acceptors (Lipinski definition) is 6. The Morgan fingerprint density at radius 3 is 2.56 bits per heavy atom. The lowest BCUT2D eigenvalue weighted by Gasteiger charge is -2.15. The van der Waals surface area contributed by atoms with Crippen LogP contribution in [0.15, 0.2) is 76.8 Å². The summed E-state index contributed by atoms with van der Waals surface area (Å²) >= 11 is 1.32. The Kier molecular flexibility index (Phi) is 6.36. The molecule has 1 saturated heterocycles. The Labute approximate surface area is 201 Å². The summed E-state index contributed by atoms with van der Waals surface area (Å²) < 4.78 is 26.8. The molecule has 10 heteroatoms. The largest absolute Gasteiger partial charge is 0.338 e. The molecule has 4 aromatic rings. The van der Waals surface area contributed by atoms with Gasteiger partial charge in [-0.05, 0) is 61.4 Å². The summed E-state index contributed by atoms with van der Waals surface area (Å²) in [6, 6.07) is 17.8. The summed E-state index contributed by atoms with van der Waals surface area (Å²) in [5, 5.41) is 3.52. The van der Waals surface area contributed by atoms with Gasteiger partial charge in [-0.15, -0.1) is 0 Å². The van der Waals surface area contributed by atoms with Gasteiger partial charge in [0.1, 0.15) is 10.9 Å². The molecule has 2 N–H and O–H groups in total. The summed E-state index contributed by atoms with van der Waals surface area (Å²) in [5.41, 5.74) is 3.17. The molecule has 0 aliphatic carbocycles. The van der Waals surface area contributed by atoms with Crippen molar-refractivity contribution in [3.63, 3.8) is 0 Å². The summed E-state index contributed by atoms with van der Waals surface area (Å²) in [5.74, 6) is 0.645. The van der Waals surface area contributed by atoms with Crippen molar-refractivity contribution in [3.05, 3.63) is 66.9 Å². The number of hydrogen-bond donors (Lipinski definition) is 2. The Hall–Kier alpha value is -3.21. The van der Waals surface area contributed by atoms with E-state index in [2.05, 4.69) is 20.3 Å². The van der Waals surface area contributed by atoms with Crippen LogP contribution in [0.4, 0.5) is 5.69 Å². The molecular weight excluding hydrogens is 470 g/mol. The van der Waals surface area contributed by atoms with Crippen molar-refractivity contribution >= 4 is 44.4 Å². The van der Waals surface area contributed by atoms with E-state index in [4.69, 9.17) is 0 Å². The number of aromatic amines is 1. The van der Waals surface area contributed by atoms with Crippen molar-refractivity contribution in [2.24, 2.45) is 0 Å². The number of rotatable bonds is 7. The summed E-state index contributed by atoms with van der Waals surface area (Å²) in [6.45, 7) is 1.11. The Balaban J connectivity index is 1.24. The second-order valence-electron chi connectivity index (χ2n) is 7.93. The maximum absolute atomic E-state index is 12.7. The molecule has 5 rings (SSSR count). The predicted molar refractivity (Wildman–Crippen MR) is 133 cm³/mol. The van der Waals surface area contributed by atoms with Gasteiger partial charge in [-0.3, -0.25) is 4.79 Å². The third-order valence-corrected chi connectivity index (χ3v) is 8.51. The highest BCUT2D eigenvalue weighted by Gasteiger charge is 2.27. The van der Waals surface area contributed by atoms with E-state index in [-0.39, 0.29) is 16.6 Å². The van der Waals surface area contributed by atoms with Crippen LogP contribution in [0.25, 0.3) is 22.4 Å². The molecule has 8 nitrogen and oxygen atoms in total. The topological polar surface area (TPSA) is 108 Å². The monoisotopic (exact) mass is 493 g/mol. The number of sulfonamides is 1. The highest BCUT2D eigenvalue weighted by atomic mass is 32.2. The van der Waals surface area contributed by atoms with E-state index >= 15 is 0 Å². The number of thioether (sulfide) groups is 1. The number of carbonyl (C=O) groups excluding carboxylic acids is 1. The molecule has 2 aromatic heterocycles. The number of H-pyrrole nitrogens is 1. The zero-order valence-corrected chi connectivity index (χ0v) is 19.9. The van der Waals surface area contributed by atoms with E-state index in [9.17, 15) is 13.2 Å². The molecule has 0 unspecified atom stereocenters. The molecule has 0 atom stereocenters. The highest BCUT2D eigenvalue weighted by Crippen LogP contribution is 2.29. The molecule has 34 heavy (non-hydrogen) atoms. The van der Waals surface area contributed by atoms with Gasteiger partial charge in [0, 0.05) is 30.5 Å². The second-order valence-corrected chi connectivity index (χ2v) is 10.8. The molecule has 1 amide bonds. The van der Waals surface area contributed by atoms with Crippen molar-refractivity contribution in [2.45, 2.75) is 22.8 Å². The first kappa shape index (κ1) is 22.6. The normalized spacial score (nSPS) is 14.5. The van der Waals surface area contributed by atoms with Gasteiger partial charge < -0.3 is 10.3 Å². The number of nitrogens with one attached hydrogen (secondary N) is 2. The Bertz CT molecular complexity index is 1400. The standard InChI is InChI=1S/C24H23N5O3S2/c30-22(26-17-9-11-18(12-10-17)34(31,32)29-14-3-4-15-29)16-33-24-19(6-5-13-25-24)23-27-20-7-1-2-8-21(20)28-23/h1-2,5-13H,3-4,14-16H2,(H,26,30)(H,27,28).